The van der Waals surface area contributed by atoms with Crippen LogP contribution in [-0.4, -0.2) is 62.8 Å². The molecule has 2 saturated heterocycles. The number of halogens is 2. The van der Waals surface area contributed by atoms with Crippen molar-refractivity contribution in [2.75, 3.05) is 39.3 Å². The van der Waals surface area contributed by atoms with Crippen LogP contribution in [0.15, 0.2) is 65.6 Å². The molecule has 1 N–H and O–H groups in total. The van der Waals surface area contributed by atoms with Gasteiger partial charge in [-0.3, -0.25) is 4.79 Å². The fraction of sp³-hybridized carbons (Fsp3) is 0.346. The Labute approximate surface area is 217 Å². The minimum absolute atomic E-state index is 0. The van der Waals surface area contributed by atoms with Crippen LogP contribution in [0.4, 0.5) is 0 Å². The highest BCUT2D eigenvalue weighted by molar-refractivity contribution is 7.89. The van der Waals surface area contributed by atoms with Crippen LogP contribution in [0.5, 0.6) is 0 Å². The molecular formula is C26H29Cl2N3O3S. The lowest BCUT2D eigenvalue weighted by molar-refractivity contribution is 0.0698. The van der Waals surface area contributed by atoms with Crippen molar-refractivity contribution in [1.82, 2.24) is 14.5 Å². The maximum atomic E-state index is 13.2. The highest BCUT2D eigenvalue weighted by atomic mass is 35.5. The van der Waals surface area contributed by atoms with Crippen molar-refractivity contribution in [3.05, 3.63) is 76.8 Å². The number of piperidine rings is 1. The number of benzene rings is 3. The topological polar surface area (TPSA) is 69.7 Å². The van der Waals surface area contributed by atoms with Crippen LogP contribution in [-0.2, 0) is 10.0 Å². The maximum Gasteiger partial charge on any atom is 0.253 e. The Bertz CT molecular complexity index is 1300. The number of fused-ring (bicyclic) bond motifs is 1. The Morgan fingerprint density at radius 3 is 2.17 bits per heavy atom. The van der Waals surface area contributed by atoms with Gasteiger partial charge in [0.15, 0.2) is 0 Å². The van der Waals surface area contributed by atoms with Crippen LogP contribution < -0.4 is 5.32 Å². The van der Waals surface area contributed by atoms with Gasteiger partial charge in [0.25, 0.3) is 5.91 Å². The number of amides is 1. The van der Waals surface area contributed by atoms with Crippen molar-refractivity contribution in [3.63, 3.8) is 0 Å². The maximum absolute atomic E-state index is 13.2. The lowest BCUT2D eigenvalue weighted by Gasteiger charge is -2.34. The highest BCUT2D eigenvalue weighted by Crippen LogP contribution is 2.27. The summed E-state index contributed by atoms with van der Waals surface area (Å²) in [7, 11) is -3.64. The van der Waals surface area contributed by atoms with Gasteiger partial charge in [0.1, 0.15) is 0 Å². The second-order valence-electron chi connectivity index (χ2n) is 9.00. The van der Waals surface area contributed by atoms with Gasteiger partial charge in [-0.25, -0.2) is 8.42 Å². The number of sulfonamides is 1. The van der Waals surface area contributed by atoms with Gasteiger partial charge < -0.3 is 10.2 Å². The number of nitrogens with zero attached hydrogens (tertiary/aromatic N) is 2. The first-order valence-corrected chi connectivity index (χ1v) is 13.5. The van der Waals surface area contributed by atoms with Crippen molar-refractivity contribution in [3.8, 4) is 0 Å². The third kappa shape index (κ3) is 5.49. The lowest BCUT2D eigenvalue weighted by Crippen LogP contribution is -2.50. The van der Waals surface area contributed by atoms with Gasteiger partial charge >= 0.3 is 0 Å². The summed E-state index contributed by atoms with van der Waals surface area (Å²) < 4.78 is 27.9. The Hall–Kier alpha value is -2.16. The van der Waals surface area contributed by atoms with E-state index >= 15 is 0 Å². The molecule has 0 unspecified atom stereocenters. The number of carbonyl (C=O) groups excluding carboxylic acids is 1. The molecule has 3 aromatic rings. The Balaban J connectivity index is 0.00000289. The number of nitrogens with one attached hydrogen (secondary N) is 1. The molecule has 6 nitrogen and oxygen atoms in total. The first-order valence-electron chi connectivity index (χ1n) is 11.7. The molecule has 0 spiro atoms. The van der Waals surface area contributed by atoms with E-state index in [0.717, 1.165) is 36.7 Å². The lowest BCUT2D eigenvalue weighted by atomic mass is 9.90. The molecule has 3 aromatic carbocycles. The molecule has 35 heavy (non-hydrogen) atoms. The fourth-order valence-electron chi connectivity index (χ4n) is 4.87. The standard InChI is InChI=1S/C26H28ClN3O3S.ClH/c27-24-7-5-23-18-25(8-6-22(23)17-24)34(32,33)30-15-13-29(14-16-30)26(31)21-3-1-19(2-4-21)20-9-11-28-12-10-20;/h1-8,17-18,20,28H,9-16H2;1H. The van der Waals surface area contributed by atoms with Gasteiger partial charge in [-0.2, -0.15) is 4.31 Å². The van der Waals surface area contributed by atoms with Crippen molar-refractivity contribution >= 4 is 50.7 Å². The van der Waals surface area contributed by atoms with Crippen LogP contribution >= 0.6 is 24.0 Å². The molecule has 2 heterocycles. The minimum Gasteiger partial charge on any atom is -0.336 e. The Morgan fingerprint density at radius 2 is 1.49 bits per heavy atom. The summed E-state index contributed by atoms with van der Waals surface area (Å²) in [5.74, 6) is 0.503. The average molecular weight is 535 g/mol. The van der Waals surface area contributed by atoms with E-state index in [1.807, 2.05) is 24.3 Å². The van der Waals surface area contributed by atoms with E-state index in [4.69, 9.17) is 11.6 Å². The molecule has 9 heteroatoms. The van der Waals surface area contributed by atoms with Crippen LogP contribution in [0.2, 0.25) is 5.02 Å². The van der Waals surface area contributed by atoms with Gasteiger partial charge in [-0.15, -0.1) is 12.4 Å². The van der Waals surface area contributed by atoms with E-state index in [9.17, 15) is 13.2 Å². The zero-order valence-electron chi connectivity index (χ0n) is 19.3. The molecule has 0 aliphatic carbocycles. The van der Waals surface area contributed by atoms with Gasteiger partial charge in [-0.1, -0.05) is 35.9 Å². The number of hydrogen-bond donors (Lipinski definition) is 1. The van der Waals surface area contributed by atoms with Crippen molar-refractivity contribution in [1.29, 1.82) is 0 Å². The second-order valence-corrected chi connectivity index (χ2v) is 11.4. The SMILES string of the molecule is Cl.O=C(c1ccc(C2CCNCC2)cc1)N1CCN(S(=O)(=O)c2ccc3cc(Cl)ccc3c2)CC1. The van der Waals surface area contributed by atoms with Crippen LogP contribution in [0.25, 0.3) is 10.8 Å². The summed E-state index contributed by atoms with van der Waals surface area (Å²) >= 11 is 6.04. The summed E-state index contributed by atoms with van der Waals surface area (Å²) in [6, 6.07) is 18.4. The largest absolute Gasteiger partial charge is 0.336 e. The molecule has 5 rings (SSSR count). The Morgan fingerprint density at radius 1 is 0.857 bits per heavy atom. The number of carbonyl (C=O) groups is 1. The zero-order chi connectivity index (χ0) is 23.7. The molecule has 0 atom stereocenters. The normalized spacial score (nSPS) is 17.8. The first kappa shape index (κ1) is 25.9. The third-order valence-corrected chi connectivity index (χ3v) is 9.04. The van der Waals surface area contributed by atoms with Crippen molar-refractivity contribution in [2.45, 2.75) is 23.7 Å². The number of hydrogen-bond acceptors (Lipinski definition) is 4. The summed E-state index contributed by atoms with van der Waals surface area (Å²) in [5.41, 5.74) is 1.94. The van der Waals surface area contributed by atoms with Crippen LogP contribution in [0.3, 0.4) is 0 Å². The molecule has 186 valence electrons. The average Bonchev–Trinajstić information content (AvgIpc) is 2.88. The van der Waals surface area contributed by atoms with E-state index in [1.54, 1.807) is 29.2 Å². The van der Waals surface area contributed by atoms with Crippen molar-refractivity contribution < 1.29 is 13.2 Å². The smallest absolute Gasteiger partial charge is 0.253 e. The van der Waals surface area contributed by atoms with Crippen LogP contribution in [0, 0.1) is 0 Å². The predicted molar refractivity (Wildman–Crippen MR) is 142 cm³/mol. The third-order valence-electron chi connectivity index (χ3n) is 6.91. The fourth-order valence-corrected chi connectivity index (χ4v) is 6.51. The molecule has 1 amide bonds. The first-order chi connectivity index (χ1) is 16.4. The number of piperazine rings is 1. The van der Waals surface area contributed by atoms with E-state index < -0.39 is 10.0 Å². The minimum atomic E-state index is -3.64. The molecule has 2 aliphatic heterocycles. The number of rotatable bonds is 4. The molecule has 0 aromatic heterocycles. The van der Waals surface area contributed by atoms with Crippen LogP contribution in [0.1, 0.15) is 34.7 Å². The highest BCUT2D eigenvalue weighted by Gasteiger charge is 2.30. The summed E-state index contributed by atoms with van der Waals surface area (Å²) in [6.07, 6.45) is 2.24. The summed E-state index contributed by atoms with van der Waals surface area (Å²) in [5, 5.41) is 5.72. The molecule has 2 fully saturated rings. The van der Waals surface area contributed by atoms with Gasteiger partial charge in [-0.05, 0) is 84.6 Å². The summed E-state index contributed by atoms with van der Waals surface area (Å²) in [4.78, 5) is 15.0. The van der Waals surface area contributed by atoms with Gasteiger partial charge in [0.05, 0.1) is 4.90 Å². The molecule has 2 aliphatic rings. The van der Waals surface area contributed by atoms with Gasteiger partial charge in [0.2, 0.25) is 10.0 Å². The summed E-state index contributed by atoms with van der Waals surface area (Å²) in [6.45, 7) is 3.37. The van der Waals surface area contributed by atoms with E-state index in [1.165, 1.54) is 9.87 Å². The zero-order valence-corrected chi connectivity index (χ0v) is 21.7. The quantitative estimate of drug-likeness (QED) is 0.534. The van der Waals surface area contributed by atoms with E-state index in [0.29, 0.717) is 29.6 Å². The molecule has 0 radical (unpaired) electrons. The molecule has 0 saturated carbocycles. The second kappa shape index (κ2) is 10.8. The monoisotopic (exact) mass is 533 g/mol. The van der Waals surface area contributed by atoms with Crippen molar-refractivity contribution in [2.24, 2.45) is 0 Å². The van der Waals surface area contributed by atoms with Gasteiger partial charge in [0, 0.05) is 36.8 Å². The molecule has 0 bridgehead atoms. The van der Waals surface area contributed by atoms with E-state index in [2.05, 4.69) is 17.4 Å². The predicted octanol–water partition coefficient (Wildman–Crippen LogP) is 4.53. The van der Waals surface area contributed by atoms with E-state index in [-0.39, 0.29) is 36.3 Å². The Kier molecular flexibility index (Phi) is 8.03. The molecular weight excluding hydrogens is 505 g/mol.